The van der Waals surface area contributed by atoms with E-state index in [0.29, 0.717) is 12.0 Å². The summed E-state index contributed by atoms with van der Waals surface area (Å²) in [6.45, 7) is 5.15. The maximum absolute atomic E-state index is 12.9. The first-order chi connectivity index (χ1) is 8.26. The van der Waals surface area contributed by atoms with Crippen LogP contribution < -0.4 is 0 Å². The zero-order valence-corrected chi connectivity index (χ0v) is 11.3. The molecule has 2 fully saturated rings. The topological polar surface area (TPSA) is 26.3 Å². The minimum Gasteiger partial charge on any atom is -0.459 e. The average molecular weight is 276 g/mol. The lowest BCUT2D eigenvalue weighted by Crippen LogP contribution is -2.29. The van der Waals surface area contributed by atoms with Crippen LogP contribution in [-0.4, -0.2) is 17.3 Å². The Morgan fingerprint density at radius 3 is 2.50 bits per heavy atom. The molecule has 0 spiro atoms. The van der Waals surface area contributed by atoms with Gasteiger partial charge in [-0.15, -0.1) is 12.6 Å². The number of thiol groups is 1. The van der Waals surface area contributed by atoms with Gasteiger partial charge in [0.1, 0.15) is 6.10 Å². The highest BCUT2D eigenvalue weighted by molar-refractivity contribution is 7.81. The molecule has 4 unspecified atom stereocenters. The molecule has 0 saturated heterocycles. The number of alkyl halides is 2. The zero-order valence-electron chi connectivity index (χ0n) is 10.4. The largest absolute Gasteiger partial charge is 0.459 e. The second kappa shape index (κ2) is 4.83. The quantitative estimate of drug-likeness (QED) is 0.483. The van der Waals surface area contributed by atoms with Gasteiger partial charge >= 0.3 is 5.97 Å². The third-order valence-electron chi connectivity index (χ3n) is 4.05. The number of carbonyl (C=O) groups excluding carboxylic acids is 1. The maximum Gasteiger partial charge on any atom is 0.333 e. The van der Waals surface area contributed by atoms with Crippen LogP contribution in [-0.2, 0) is 9.53 Å². The summed E-state index contributed by atoms with van der Waals surface area (Å²) in [5.74, 6) is 0.126. The summed E-state index contributed by atoms with van der Waals surface area (Å²) >= 11 is 3.30. The van der Waals surface area contributed by atoms with Crippen LogP contribution in [0.25, 0.3) is 0 Å². The van der Waals surface area contributed by atoms with Gasteiger partial charge in [-0.05, 0) is 43.9 Å². The lowest BCUT2D eigenvalue weighted by atomic mass is 9.85. The number of hydrogen-bond acceptors (Lipinski definition) is 3. The highest BCUT2D eigenvalue weighted by Gasteiger charge is 2.49. The molecule has 0 aromatic heterocycles. The predicted octanol–water partition coefficient (Wildman–Crippen LogP) is 3.43. The number of ether oxygens (including phenoxy) is 1. The lowest BCUT2D eigenvalue weighted by Gasteiger charge is -2.29. The molecule has 2 aliphatic carbocycles. The van der Waals surface area contributed by atoms with Crippen LogP contribution >= 0.6 is 12.6 Å². The van der Waals surface area contributed by atoms with E-state index in [0.717, 1.165) is 12.8 Å². The number of carbonyl (C=O) groups is 1. The third kappa shape index (κ3) is 3.05. The predicted molar refractivity (Wildman–Crippen MR) is 67.6 cm³/mol. The molecular formula is C13H18F2O2S. The van der Waals surface area contributed by atoms with Crippen LogP contribution in [0, 0.1) is 17.8 Å². The van der Waals surface area contributed by atoms with E-state index in [4.69, 9.17) is 4.74 Å². The Morgan fingerprint density at radius 1 is 1.39 bits per heavy atom. The number of esters is 1. The SMILES string of the molecule is C=C(C)C(=O)OC1CC2CC1CC2CC(F)(F)S. The van der Waals surface area contributed by atoms with E-state index in [1.807, 2.05) is 0 Å². The zero-order chi connectivity index (χ0) is 13.5. The van der Waals surface area contributed by atoms with Crippen molar-refractivity contribution in [2.45, 2.75) is 44.0 Å². The molecule has 0 N–H and O–H groups in total. The molecule has 0 aromatic carbocycles. The van der Waals surface area contributed by atoms with Crippen molar-refractivity contribution in [1.82, 2.24) is 0 Å². The van der Waals surface area contributed by atoms with Crippen LogP contribution in [0.3, 0.4) is 0 Å². The smallest absolute Gasteiger partial charge is 0.333 e. The highest BCUT2D eigenvalue weighted by atomic mass is 32.1. The first-order valence-corrected chi connectivity index (χ1v) is 6.67. The Labute approximate surface area is 111 Å². The molecular weight excluding hydrogens is 258 g/mol. The van der Waals surface area contributed by atoms with Crippen molar-refractivity contribution in [2.75, 3.05) is 0 Å². The molecule has 0 amide bonds. The Hall–Kier alpha value is -0.580. The standard InChI is InChI=1S/C13H18F2O2S/c1-7(2)12(16)17-11-5-8-3-9(11)4-10(8)6-13(14,15)18/h8-11,18H,1,3-6H2,2H3. The second-order valence-corrected chi connectivity index (χ2v) is 6.24. The lowest BCUT2D eigenvalue weighted by molar-refractivity contribution is -0.147. The van der Waals surface area contributed by atoms with E-state index < -0.39 is 5.25 Å². The van der Waals surface area contributed by atoms with Gasteiger partial charge in [-0.1, -0.05) is 6.58 Å². The van der Waals surface area contributed by atoms with Crippen molar-refractivity contribution in [3.63, 3.8) is 0 Å². The van der Waals surface area contributed by atoms with E-state index >= 15 is 0 Å². The molecule has 0 aliphatic heterocycles. The summed E-state index contributed by atoms with van der Waals surface area (Å²) in [6, 6.07) is 0. The molecule has 5 heteroatoms. The van der Waals surface area contributed by atoms with Gasteiger partial charge in [0.25, 0.3) is 5.25 Å². The van der Waals surface area contributed by atoms with E-state index in [2.05, 4.69) is 19.2 Å². The van der Waals surface area contributed by atoms with Crippen LogP contribution in [0.2, 0.25) is 0 Å². The van der Waals surface area contributed by atoms with Gasteiger partial charge < -0.3 is 4.74 Å². The normalized spacial score (nSPS) is 34.7. The summed E-state index contributed by atoms with van der Waals surface area (Å²) in [7, 11) is 0. The first-order valence-electron chi connectivity index (χ1n) is 6.23. The van der Waals surface area contributed by atoms with Crippen LogP contribution in [0.15, 0.2) is 12.2 Å². The minimum absolute atomic E-state index is 0.0160. The third-order valence-corrected chi connectivity index (χ3v) is 4.24. The van der Waals surface area contributed by atoms with Crippen molar-refractivity contribution in [1.29, 1.82) is 0 Å². The van der Waals surface area contributed by atoms with Gasteiger partial charge in [0, 0.05) is 12.0 Å². The molecule has 2 rings (SSSR count). The van der Waals surface area contributed by atoms with Crippen molar-refractivity contribution in [2.24, 2.45) is 17.8 Å². The maximum atomic E-state index is 12.9. The van der Waals surface area contributed by atoms with E-state index in [9.17, 15) is 13.6 Å². The Bertz CT molecular complexity index is 364. The van der Waals surface area contributed by atoms with Gasteiger partial charge in [-0.3, -0.25) is 0 Å². The summed E-state index contributed by atoms with van der Waals surface area (Å²) in [5, 5.41) is -2.89. The number of rotatable bonds is 4. The molecule has 2 bridgehead atoms. The van der Waals surface area contributed by atoms with Crippen molar-refractivity contribution >= 4 is 18.6 Å². The van der Waals surface area contributed by atoms with Crippen molar-refractivity contribution in [3.8, 4) is 0 Å². The fourth-order valence-corrected chi connectivity index (χ4v) is 3.52. The van der Waals surface area contributed by atoms with Gasteiger partial charge in [0.05, 0.1) is 0 Å². The molecule has 2 nitrogen and oxygen atoms in total. The Morgan fingerprint density at radius 2 is 2.06 bits per heavy atom. The Balaban J connectivity index is 1.87. The van der Waals surface area contributed by atoms with Crippen molar-refractivity contribution in [3.05, 3.63) is 12.2 Å². The van der Waals surface area contributed by atoms with Gasteiger partial charge in [0.2, 0.25) is 0 Å². The fourth-order valence-electron chi connectivity index (χ4n) is 3.29. The number of hydrogen-bond donors (Lipinski definition) is 1. The van der Waals surface area contributed by atoms with Gasteiger partial charge in [-0.25, -0.2) is 4.79 Å². The van der Waals surface area contributed by atoms with E-state index in [-0.39, 0.29) is 36.2 Å². The molecule has 4 atom stereocenters. The molecule has 102 valence electrons. The minimum atomic E-state index is -2.89. The molecule has 0 aromatic rings. The molecule has 0 radical (unpaired) electrons. The number of fused-ring (bicyclic) bond motifs is 2. The summed E-state index contributed by atoms with van der Waals surface area (Å²) in [6.07, 6.45) is 2.04. The van der Waals surface area contributed by atoms with Crippen LogP contribution in [0.5, 0.6) is 0 Å². The van der Waals surface area contributed by atoms with E-state index in [1.165, 1.54) is 0 Å². The first kappa shape index (κ1) is 13.8. The average Bonchev–Trinajstić information content (AvgIpc) is 2.74. The fraction of sp³-hybridized carbons (Fsp3) is 0.769. The molecule has 0 heterocycles. The molecule has 18 heavy (non-hydrogen) atoms. The molecule has 2 aliphatic rings. The highest BCUT2D eigenvalue weighted by Crippen LogP contribution is 2.52. The van der Waals surface area contributed by atoms with Crippen LogP contribution in [0.4, 0.5) is 8.78 Å². The molecule has 2 saturated carbocycles. The van der Waals surface area contributed by atoms with Crippen LogP contribution in [0.1, 0.15) is 32.6 Å². The van der Waals surface area contributed by atoms with Gasteiger partial charge in [0.15, 0.2) is 0 Å². The summed E-state index contributed by atoms with van der Waals surface area (Å²) in [5.41, 5.74) is 0.385. The Kier molecular flexibility index (Phi) is 3.72. The van der Waals surface area contributed by atoms with E-state index in [1.54, 1.807) is 6.92 Å². The van der Waals surface area contributed by atoms with Gasteiger partial charge in [-0.2, -0.15) is 8.78 Å². The number of halogens is 2. The summed E-state index contributed by atoms with van der Waals surface area (Å²) < 4.78 is 31.1. The summed E-state index contributed by atoms with van der Waals surface area (Å²) in [4.78, 5) is 11.4. The second-order valence-electron chi connectivity index (χ2n) is 5.58. The van der Waals surface area contributed by atoms with Crippen molar-refractivity contribution < 1.29 is 18.3 Å². The monoisotopic (exact) mass is 276 g/mol.